The molecule has 0 spiro atoms. The van der Waals surface area contributed by atoms with Gasteiger partial charge in [0.1, 0.15) is 0 Å². The number of rotatable bonds is 8. The molecular weight excluding hydrogens is 533 g/mol. The maximum atomic E-state index is 12.1. The van der Waals surface area contributed by atoms with Crippen molar-refractivity contribution in [1.29, 1.82) is 0 Å². The predicted molar refractivity (Wildman–Crippen MR) is 135 cm³/mol. The highest BCUT2D eigenvalue weighted by Crippen LogP contribution is 2.14. The van der Waals surface area contributed by atoms with Gasteiger partial charge in [0.2, 0.25) is 5.91 Å². The molecule has 1 fully saturated rings. The van der Waals surface area contributed by atoms with Crippen molar-refractivity contribution in [3.8, 4) is 0 Å². The van der Waals surface area contributed by atoms with Gasteiger partial charge in [-0.25, -0.2) is 4.79 Å². The molecule has 1 aromatic carbocycles. The molecule has 1 aliphatic rings. The van der Waals surface area contributed by atoms with Crippen molar-refractivity contribution >= 4 is 59.2 Å². The Morgan fingerprint density at radius 1 is 1.19 bits per heavy atom. The van der Waals surface area contributed by atoms with E-state index >= 15 is 0 Å². The molecule has 1 heterocycles. The number of halogens is 2. The predicted octanol–water partition coefficient (Wildman–Crippen LogP) is 3.85. The number of amides is 2. The monoisotopic (exact) mass is 565 g/mol. The maximum absolute atomic E-state index is 12.1. The molecule has 10 heteroatoms. The van der Waals surface area contributed by atoms with E-state index in [9.17, 15) is 9.59 Å². The van der Waals surface area contributed by atoms with Crippen LogP contribution >= 0.6 is 35.6 Å². The van der Waals surface area contributed by atoms with E-state index in [2.05, 4.69) is 20.9 Å². The van der Waals surface area contributed by atoms with Gasteiger partial charge in [-0.2, -0.15) is 0 Å². The van der Waals surface area contributed by atoms with E-state index in [1.54, 1.807) is 29.2 Å². The van der Waals surface area contributed by atoms with E-state index in [1.165, 1.54) is 0 Å². The van der Waals surface area contributed by atoms with Gasteiger partial charge in [-0.15, -0.1) is 24.0 Å². The van der Waals surface area contributed by atoms with Crippen LogP contribution in [0.4, 0.5) is 10.5 Å². The summed E-state index contributed by atoms with van der Waals surface area (Å²) in [5.41, 5.74) is 0.733. The second-order valence-electron chi connectivity index (χ2n) is 7.02. The number of carbonyl (C=O) groups is 2. The minimum absolute atomic E-state index is 0. The molecule has 0 saturated carbocycles. The number of likely N-dealkylation sites (tertiary alicyclic amines) is 1. The number of ether oxygens (including phenoxy) is 1. The molecule has 3 N–H and O–H groups in total. The molecule has 0 radical (unpaired) electrons. The highest BCUT2D eigenvalue weighted by atomic mass is 127. The lowest BCUT2D eigenvalue weighted by molar-refractivity contribution is -0.116. The van der Waals surface area contributed by atoms with Gasteiger partial charge in [0.25, 0.3) is 0 Å². The summed E-state index contributed by atoms with van der Waals surface area (Å²) in [4.78, 5) is 30.2. The Morgan fingerprint density at radius 3 is 2.48 bits per heavy atom. The highest BCUT2D eigenvalue weighted by Gasteiger charge is 2.24. The molecular formula is C21H33ClIN5O3. The van der Waals surface area contributed by atoms with Gasteiger partial charge in [-0.1, -0.05) is 11.6 Å². The van der Waals surface area contributed by atoms with Crippen molar-refractivity contribution in [2.45, 2.75) is 45.6 Å². The summed E-state index contributed by atoms with van der Waals surface area (Å²) in [6.45, 7) is 6.86. The minimum atomic E-state index is -0.242. The summed E-state index contributed by atoms with van der Waals surface area (Å²) in [5, 5.41) is 10.2. The first-order valence-corrected chi connectivity index (χ1v) is 10.9. The van der Waals surface area contributed by atoms with E-state index in [-0.39, 0.29) is 42.0 Å². The summed E-state index contributed by atoms with van der Waals surface area (Å²) in [5.74, 6) is 0.696. The molecule has 0 unspecified atom stereocenters. The average molecular weight is 566 g/mol. The van der Waals surface area contributed by atoms with Gasteiger partial charge in [-0.3, -0.25) is 9.79 Å². The first-order chi connectivity index (χ1) is 14.5. The number of anilines is 1. The highest BCUT2D eigenvalue weighted by molar-refractivity contribution is 14.0. The standard InChI is InChI=1S/C21H32ClN5O3.HI/c1-3-23-20(26-18-11-14-27(15-12-18)21(29)30-4-2)24-13-5-6-19(28)25-17-9-7-16(22)8-10-17;/h7-10,18H,3-6,11-15H2,1-2H3,(H,25,28)(H2,23,24,26);1H. The number of aliphatic imine (C=N–C) groups is 1. The molecule has 0 aromatic heterocycles. The molecule has 1 aromatic rings. The second-order valence-corrected chi connectivity index (χ2v) is 7.46. The van der Waals surface area contributed by atoms with Gasteiger partial charge < -0.3 is 25.6 Å². The van der Waals surface area contributed by atoms with E-state index in [0.29, 0.717) is 44.1 Å². The summed E-state index contributed by atoms with van der Waals surface area (Å²) < 4.78 is 5.06. The summed E-state index contributed by atoms with van der Waals surface area (Å²) >= 11 is 5.85. The third-order valence-electron chi connectivity index (χ3n) is 4.67. The van der Waals surface area contributed by atoms with Gasteiger partial charge in [0.05, 0.1) is 6.61 Å². The third kappa shape index (κ3) is 10.4. The summed E-state index contributed by atoms with van der Waals surface area (Å²) in [6, 6.07) is 7.29. The molecule has 0 bridgehead atoms. The van der Waals surface area contributed by atoms with Crippen molar-refractivity contribution in [2.75, 3.05) is 38.1 Å². The van der Waals surface area contributed by atoms with Crippen LogP contribution in [0.3, 0.4) is 0 Å². The zero-order chi connectivity index (χ0) is 21.8. The second kappa shape index (κ2) is 15.1. The van der Waals surface area contributed by atoms with Crippen molar-refractivity contribution in [3.05, 3.63) is 29.3 Å². The Labute approximate surface area is 206 Å². The molecule has 2 amide bonds. The van der Waals surface area contributed by atoms with Gasteiger partial charge >= 0.3 is 6.09 Å². The fraction of sp³-hybridized carbons (Fsp3) is 0.571. The van der Waals surface area contributed by atoms with Gasteiger partial charge in [0, 0.05) is 49.4 Å². The molecule has 1 saturated heterocycles. The summed E-state index contributed by atoms with van der Waals surface area (Å²) in [6.07, 6.45) is 2.48. The number of nitrogens with one attached hydrogen (secondary N) is 3. The molecule has 2 rings (SSSR count). The van der Waals surface area contributed by atoms with Crippen molar-refractivity contribution in [3.63, 3.8) is 0 Å². The Morgan fingerprint density at radius 2 is 1.87 bits per heavy atom. The first-order valence-electron chi connectivity index (χ1n) is 10.5. The maximum Gasteiger partial charge on any atom is 0.409 e. The van der Waals surface area contributed by atoms with Crippen LogP contribution < -0.4 is 16.0 Å². The van der Waals surface area contributed by atoms with Gasteiger partial charge in [0.15, 0.2) is 5.96 Å². The SMILES string of the molecule is CCNC(=NCCCC(=O)Nc1ccc(Cl)cc1)NC1CCN(C(=O)OCC)CC1.I. The number of nitrogens with zero attached hydrogens (tertiary/aromatic N) is 2. The third-order valence-corrected chi connectivity index (χ3v) is 4.92. The zero-order valence-electron chi connectivity index (χ0n) is 18.2. The quantitative estimate of drug-likeness (QED) is 0.193. The average Bonchev–Trinajstić information content (AvgIpc) is 2.73. The molecule has 174 valence electrons. The number of hydrogen-bond acceptors (Lipinski definition) is 4. The lowest BCUT2D eigenvalue weighted by Crippen LogP contribution is -2.49. The van der Waals surface area contributed by atoms with E-state index in [1.807, 2.05) is 13.8 Å². The largest absolute Gasteiger partial charge is 0.450 e. The van der Waals surface area contributed by atoms with Crippen LogP contribution in [0, 0.1) is 0 Å². The lowest BCUT2D eigenvalue weighted by Gasteiger charge is -2.32. The van der Waals surface area contributed by atoms with Crippen molar-refractivity contribution in [1.82, 2.24) is 15.5 Å². The van der Waals surface area contributed by atoms with E-state index < -0.39 is 0 Å². The molecule has 0 aliphatic carbocycles. The summed E-state index contributed by atoms with van der Waals surface area (Å²) in [7, 11) is 0. The molecule has 0 atom stereocenters. The molecule has 8 nitrogen and oxygen atoms in total. The van der Waals surface area contributed by atoms with Crippen LogP contribution in [0.5, 0.6) is 0 Å². The molecule has 1 aliphatic heterocycles. The molecule has 31 heavy (non-hydrogen) atoms. The van der Waals surface area contributed by atoms with Crippen LogP contribution in [0.2, 0.25) is 5.02 Å². The number of piperidine rings is 1. The number of guanidine groups is 1. The van der Waals surface area contributed by atoms with E-state index in [4.69, 9.17) is 16.3 Å². The lowest BCUT2D eigenvalue weighted by atomic mass is 10.1. The topological polar surface area (TPSA) is 95.1 Å². The van der Waals surface area contributed by atoms with Crippen LogP contribution in [0.15, 0.2) is 29.3 Å². The normalized spacial score (nSPS) is 14.4. The fourth-order valence-electron chi connectivity index (χ4n) is 3.12. The van der Waals surface area contributed by atoms with E-state index in [0.717, 1.165) is 31.0 Å². The Hall–Kier alpha value is -1.75. The Balaban J connectivity index is 0.00000480. The minimum Gasteiger partial charge on any atom is -0.450 e. The zero-order valence-corrected chi connectivity index (χ0v) is 21.2. The van der Waals surface area contributed by atoms with Crippen molar-refractivity contribution in [2.24, 2.45) is 4.99 Å². The first kappa shape index (κ1) is 27.3. The Kier molecular flexibility index (Phi) is 13.3. The van der Waals surface area contributed by atoms with Crippen LogP contribution in [-0.4, -0.2) is 61.7 Å². The number of hydrogen-bond donors (Lipinski definition) is 3. The Bertz CT molecular complexity index is 709. The van der Waals surface area contributed by atoms with Crippen LogP contribution in [0.1, 0.15) is 39.5 Å². The van der Waals surface area contributed by atoms with Crippen LogP contribution in [-0.2, 0) is 9.53 Å². The van der Waals surface area contributed by atoms with Gasteiger partial charge in [-0.05, 0) is 57.4 Å². The number of carbonyl (C=O) groups excluding carboxylic acids is 2. The smallest absolute Gasteiger partial charge is 0.409 e. The van der Waals surface area contributed by atoms with Crippen LogP contribution in [0.25, 0.3) is 0 Å². The fourth-order valence-corrected chi connectivity index (χ4v) is 3.25. The number of benzene rings is 1. The van der Waals surface area contributed by atoms with Crippen molar-refractivity contribution < 1.29 is 14.3 Å².